The first-order chi connectivity index (χ1) is 8.54. The molecule has 2 aromatic rings. The van der Waals surface area contributed by atoms with Crippen LogP contribution in [0.4, 0.5) is 17.6 Å². The summed E-state index contributed by atoms with van der Waals surface area (Å²) in [6.45, 7) is 1.97. The van der Waals surface area contributed by atoms with Gasteiger partial charge in [-0.25, -0.2) is 0 Å². The van der Waals surface area contributed by atoms with Crippen LogP contribution in [0.3, 0.4) is 0 Å². The third-order valence-electron chi connectivity index (χ3n) is 2.33. The number of hydrogen-bond donors (Lipinski definition) is 3. The van der Waals surface area contributed by atoms with Crippen LogP contribution in [0.5, 0.6) is 0 Å². The van der Waals surface area contributed by atoms with E-state index in [-0.39, 0.29) is 11.9 Å². The molecule has 0 unspecified atom stereocenters. The van der Waals surface area contributed by atoms with Gasteiger partial charge in [0.25, 0.3) is 0 Å². The van der Waals surface area contributed by atoms with E-state index in [1.54, 1.807) is 11.8 Å². The van der Waals surface area contributed by atoms with Crippen molar-refractivity contribution in [3.05, 3.63) is 29.6 Å². The van der Waals surface area contributed by atoms with Gasteiger partial charge in [-0.1, -0.05) is 0 Å². The molecule has 0 radical (unpaired) electrons. The molecular formula is C11H14N6S. The van der Waals surface area contributed by atoms with Crippen LogP contribution in [-0.2, 0) is 5.75 Å². The van der Waals surface area contributed by atoms with Crippen molar-refractivity contribution in [2.75, 3.05) is 17.2 Å². The lowest BCUT2D eigenvalue weighted by Crippen LogP contribution is -2.05. The molecule has 0 aliphatic carbocycles. The second-order valence-electron chi connectivity index (χ2n) is 3.78. The Labute approximate surface area is 109 Å². The van der Waals surface area contributed by atoms with Crippen molar-refractivity contribution in [2.45, 2.75) is 17.6 Å². The smallest absolute Gasteiger partial charge is 0.225 e. The zero-order valence-electron chi connectivity index (χ0n) is 9.92. The van der Waals surface area contributed by atoms with Gasteiger partial charge in [0.1, 0.15) is 5.82 Å². The maximum Gasteiger partial charge on any atom is 0.225 e. The van der Waals surface area contributed by atoms with Gasteiger partial charge in [0.05, 0.1) is 5.75 Å². The molecular weight excluding hydrogens is 248 g/mol. The van der Waals surface area contributed by atoms with E-state index in [1.165, 1.54) is 0 Å². The van der Waals surface area contributed by atoms with Crippen LogP contribution >= 0.6 is 11.8 Å². The van der Waals surface area contributed by atoms with Gasteiger partial charge in [-0.15, -0.1) is 11.8 Å². The minimum atomic E-state index is 0.145. The number of thioether (sulfide) groups is 1. The number of anilines is 3. The van der Waals surface area contributed by atoms with Crippen molar-refractivity contribution < 1.29 is 0 Å². The number of nitrogen functional groups attached to an aromatic ring is 3. The molecule has 6 nitrogen and oxygen atoms in total. The topological polar surface area (TPSA) is 117 Å². The summed E-state index contributed by atoms with van der Waals surface area (Å²) in [5.41, 5.74) is 18.6. The molecule has 0 fully saturated rings. The molecule has 0 aliphatic rings. The number of nitrogens with zero attached hydrogens (tertiary/aromatic N) is 3. The highest BCUT2D eigenvalue weighted by Gasteiger charge is 2.04. The molecule has 1 aromatic carbocycles. The molecule has 18 heavy (non-hydrogen) atoms. The first kappa shape index (κ1) is 12.4. The number of benzene rings is 1. The number of nitrogens with two attached hydrogens (primary N) is 3. The molecule has 0 aliphatic heterocycles. The summed E-state index contributed by atoms with van der Waals surface area (Å²) in [4.78, 5) is 12.9. The second kappa shape index (κ2) is 5.09. The molecule has 6 N–H and O–H groups in total. The maximum absolute atomic E-state index is 5.76. The van der Waals surface area contributed by atoms with Crippen molar-refractivity contribution in [3.8, 4) is 0 Å². The molecule has 0 atom stereocenters. The monoisotopic (exact) mass is 262 g/mol. The van der Waals surface area contributed by atoms with Gasteiger partial charge in [0, 0.05) is 10.6 Å². The first-order valence-corrected chi connectivity index (χ1v) is 6.28. The summed E-state index contributed by atoms with van der Waals surface area (Å²) in [6.07, 6.45) is 0. The Hall–Kier alpha value is -2.02. The zero-order valence-corrected chi connectivity index (χ0v) is 10.7. The standard InChI is InChI=1S/C11H14N6S/c1-6-4-7(2-3-8(6)12)18-5-9-15-10(13)17-11(14)16-9/h2-4H,5,12H2,1H3,(H4,13,14,15,16,17). The summed E-state index contributed by atoms with van der Waals surface area (Å²) < 4.78 is 0. The molecule has 1 aromatic heterocycles. The quantitative estimate of drug-likeness (QED) is 0.562. The molecule has 7 heteroatoms. The average Bonchev–Trinajstić information content (AvgIpc) is 2.29. The number of rotatable bonds is 3. The van der Waals surface area contributed by atoms with Crippen LogP contribution < -0.4 is 17.2 Å². The normalized spacial score (nSPS) is 10.5. The van der Waals surface area contributed by atoms with Gasteiger partial charge in [-0.3, -0.25) is 0 Å². The van der Waals surface area contributed by atoms with E-state index < -0.39 is 0 Å². The molecule has 1 heterocycles. The third kappa shape index (κ3) is 3.01. The Morgan fingerprint density at radius 3 is 2.33 bits per heavy atom. The van der Waals surface area contributed by atoms with Crippen molar-refractivity contribution in [2.24, 2.45) is 0 Å². The molecule has 0 amide bonds. The Bertz CT molecular complexity index is 551. The van der Waals surface area contributed by atoms with Crippen molar-refractivity contribution >= 4 is 29.3 Å². The van der Waals surface area contributed by atoms with Crippen LogP contribution in [0.25, 0.3) is 0 Å². The summed E-state index contributed by atoms with van der Waals surface area (Å²) in [6, 6.07) is 5.86. The summed E-state index contributed by atoms with van der Waals surface area (Å²) in [5.74, 6) is 1.44. The summed E-state index contributed by atoms with van der Waals surface area (Å²) in [5, 5.41) is 0. The third-order valence-corrected chi connectivity index (χ3v) is 3.32. The fourth-order valence-electron chi connectivity index (χ4n) is 1.41. The lowest BCUT2D eigenvalue weighted by molar-refractivity contribution is 0.987. The van der Waals surface area contributed by atoms with Crippen molar-refractivity contribution in [3.63, 3.8) is 0 Å². The zero-order chi connectivity index (χ0) is 13.1. The van der Waals surface area contributed by atoms with Gasteiger partial charge < -0.3 is 17.2 Å². The lowest BCUT2D eigenvalue weighted by atomic mass is 10.2. The van der Waals surface area contributed by atoms with Crippen LogP contribution in [0, 0.1) is 6.92 Å². The Morgan fingerprint density at radius 2 is 1.72 bits per heavy atom. The fraction of sp³-hybridized carbons (Fsp3) is 0.182. The molecule has 0 saturated heterocycles. The molecule has 94 valence electrons. The van der Waals surface area contributed by atoms with E-state index in [0.717, 1.165) is 16.1 Å². The van der Waals surface area contributed by atoms with Gasteiger partial charge in [0.2, 0.25) is 11.9 Å². The number of aryl methyl sites for hydroxylation is 1. The van der Waals surface area contributed by atoms with E-state index in [4.69, 9.17) is 17.2 Å². The van der Waals surface area contributed by atoms with Gasteiger partial charge in [0.15, 0.2) is 0 Å². The minimum Gasteiger partial charge on any atom is -0.399 e. The largest absolute Gasteiger partial charge is 0.399 e. The summed E-state index contributed by atoms with van der Waals surface area (Å²) >= 11 is 1.59. The predicted octanol–water partition coefficient (Wildman–Crippen LogP) is 1.22. The fourth-order valence-corrected chi connectivity index (χ4v) is 2.26. The maximum atomic E-state index is 5.76. The van der Waals surface area contributed by atoms with Gasteiger partial charge in [-0.05, 0) is 30.7 Å². The Kier molecular flexibility index (Phi) is 3.52. The van der Waals surface area contributed by atoms with Crippen LogP contribution in [0.2, 0.25) is 0 Å². The highest BCUT2D eigenvalue weighted by Crippen LogP contribution is 2.24. The van der Waals surface area contributed by atoms with E-state index in [1.807, 2.05) is 25.1 Å². The molecule has 0 bridgehead atoms. The van der Waals surface area contributed by atoms with Crippen molar-refractivity contribution in [1.29, 1.82) is 0 Å². The first-order valence-electron chi connectivity index (χ1n) is 5.29. The van der Waals surface area contributed by atoms with Crippen molar-refractivity contribution in [1.82, 2.24) is 15.0 Å². The van der Waals surface area contributed by atoms with Gasteiger partial charge in [-0.2, -0.15) is 15.0 Å². The summed E-state index contributed by atoms with van der Waals surface area (Å²) in [7, 11) is 0. The minimum absolute atomic E-state index is 0.145. The van der Waals surface area contributed by atoms with Gasteiger partial charge >= 0.3 is 0 Å². The number of aromatic nitrogens is 3. The Balaban J connectivity index is 2.08. The van der Waals surface area contributed by atoms with Crippen LogP contribution in [-0.4, -0.2) is 15.0 Å². The Morgan fingerprint density at radius 1 is 1.06 bits per heavy atom. The SMILES string of the molecule is Cc1cc(SCc2nc(N)nc(N)n2)ccc1N. The predicted molar refractivity (Wildman–Crippen MR) is 73.8 cm³/mol. The van der Waals surface area contributed by atoms with E-state index in [2.05, 4.69) is 15.0 Å². The number of hydrogen-bond acceptors (Lipinski definition) is 7. The van der Waals surface area contributed by atoms with E-state index in [9.17, 15) is 0 Å². The average molecular weight is 262 g/mol. The molecule has 2 rings (SSSR count). The second-order valence-corrected chi connectivity index (χ2v) is 4.82. The van der Waals surface area contributed by atoms with Crippen LogP contribution in [0.15, 0.2) is 23.1 Å². The highest BCUT2D eigenvalue weighted by molar-refractivity contribution is 7.98. The highest BCUT2D eigenvalue weighted by atomic mass is 32.2. The van der Waals surface area contributed by atoms with Crippen LogP contribution in [0.1, 0.15) is 11.4 Å². The van der Waals surface area contributed by atoms with E-state index in [0.29, 0.717) is 11.6 Å². The van der Waals surface area contributed by atoms with E-state index >= 15 is 0 Å². The molecule has 0 saturated carbocycles. The lowest BCUT2D eigenvalue weighted by Gasteiger charge is -2.05. The molecule has 0 spiro atoms.